The van der Waals surface area contributed by atoms with E-state index >= 15 is 0 Å². The van der Waals surface area contributed by atoms with Gasteiger partial charge >= 0.3 is 21.7 Å². The van der Waals surface area contributed by atoms with E-state index < -0.39 is 0 Å². The number of hydrogen-bond donors (Lipinski definition) is 0. The number of para-hydroxylation sites is 4. The normalized spacial score (nSPS) is 8.36. The van der Waals surface area contributed by atoms with Gasteiger partial charge in [-0.15, -0.1) is 50.9 Å². The van der Waals surface area contributed by atoms with Crippen molar-refractivity contribution in [3.8, 4) is 0 Å². The Hall–Kier alpha value is -3.21. The van der Waals surface area contributed by atoms with E-state index in [-0.39, 0.29) is 21.7 Å². The smallest absolute Gasteiger partial charge is 0.687 e. The molecule has 4 nitrogen and oxygen atoms in total. The van der Waals surface area contributed by atoms with Crippen molar-refractivity contribution in [2.24, 2.45) is 0 Å². The predicted molar refractivity (Wildman–Crippen MR) is 142 cm³/mol. The molecule has 0 N–H and O–H groups in total. The Morgan fingerprint density at radius 1 is 0.303 bits per heavy atom. The fourth-order valence-corrected chi connectivity index (χ4v) is 2.31. The third-order valence-corrected chi connectivity index (χ3v) is 4.06. The van der Waals surface area contributed by atoms with Crippen LogP contribution in [-0.2, 0) is 21.7 Å². The third kappa shape index (κ3) is 15.3. The summed E-state index contributed by atoms with van der Waals surface area (Å²) in [6, 6.07) is 39.5. The first kappa shape index (κ1) is 29.8. The zero-order chi connectivity index (χ0) is 23.3. The molecule has 168 valence electrons. The van der Waals surface area contributed by atoms with E-state index in [0.717, 1.165) is 22.7 Å². The van der Waals surface area contributed by atoms with E-state index in [1.807, 2.05) is 121 Å². The molecule has 0 fully saturated rings. The van der Waals surface area contributed by atoms with Crippen LogP contribution in [0.15, 0.2) is 121 Å². The van der Waals surface area contributed by atoms with Crippen molar-refractivity contribution in [3.63, 3.8) is 0 Å². The van der Waals surface area contributed by atoms with E-state index in [4.69, 9.17) is 0 Å². The Kier molecular flexibility index (Phi) is 18.7. The number of nitrogens with zero attached hydrogens (tertiary/aromatic N) is 4. The van der Waals surface area contributed by atoms with E-state index in [1.165, 1.54) is 0 Å². The van der Waals surface area contributed by atoms with Gasteiger partial charge in [0.05, 0.1) is 0 Å². The molecule has 0 bridgehead atoms. The second-order valence-electron chi connectivity index (χ2n) is 6.24. The van der Waals surface area contributed by atoms with E-state index in [2.05, 4.69) is 21.3 Å². The van der Waals surface area contributed by atoms with Crippen LogP contribution in [0.25, 0.3) is 21.3 Å². The Labute approximate surface area is 214 Å². The van der Waals surface area contributed by atoms with Gasteiger partial charge in [-0.25, -0.2) is 0 Å². The standard InChI is InChI=1S/4C7H8N.Ti/c4*1-8-7-5-3-2-4-6-7;/h4*2-6H,1H3;/q4*-1;+4. The average molecular weight is 472 g/mol. The van der Waals surface area contributed by atoms with Crippen molar-refractivity contribution < 1.29 is 21.7 Å². The SMILES string of the molecule is C[N-]c1ccccc1.C[N-]c1ccccc1.C[N-]c1ccccc1.C[N-]c1ccccc1.[Ti+4]. The largest absolute Gasteiger partial charge is 4.00 e. The molecule has 0 saturated heterocycles. The van der Waals surface area contributed by atoms with Gasteiger partial charge in [0.25, 0.3) is 0 Å². The topological polar surface area (TPSA) is 56.4 Å². The summed E-state index contributed by atoms with van der Waals surface area (Å²) < 4.78 is 0. The van der Waals surface area contributed by atoms with Crippen LogP contribution < -0.4 is 0 Å². The van der Waals surface area contributed by atoms with Crippen LogP contribution in [0.2, 0.25) is 0 Å². The average Bonchev–Trinajstić information content (AvgIpc) is 2.91. The molecule has 0 aliphatic rings. The van der Waals surface area contributed by atoms with Gasteiger partial charge in [-0.2, -0.15) is 0 Å². The summed E-state index contributed by atoms with van der Waals surface area (Å²) in [6.45, 7) is 0. The summed E-state index contributed by atoms with van der Waals surface area (Å²) in [5, 5.41) is 15.9. The van der Waals surface area contributed by atoms with E-state index in [1.54, 1.807) is 28.2 Å². The fraction of sp³-hybridized carbons (Fsp3) is 0.143. The number of hydrogen-bond acceptors (Lipinski definition) is 0. The molecule has 0 spiro atoms. The van der Waals surface area contributed by atoms with Crippen LogP contribution >= 0.6 is 0 Å². The van der Waals surface area contributed by atoms with Crippen LogP contribution in [-0.4, -0.2) is 28.2 Å². The molecule has 0 unspecified atom stereocenters. The molecule has 4 aromatic rings. The molecule has 4 aromatic carbocycles. The summed E-state index contributed by atoms with van der Waals surface area (Å²) in [6.07, 6.45) is 0. The maximum Gasteiger partial charge on any atom is 4.00 e. The molecule has 0 aromatic heterocycles. The van der Waals surface area contributed by atoms with Crippen LogP contribution in [0.4, 0.5) is 22.7 Å². The minimum Gasteiger partial charge on any atom is -0.687 e. The first-order valence-electron chi connectivity index (χ1n) is 10.3. The maximum atomic E-state index is 3.97. The van der Waals surface area contributed by atoms with Crippen molar-refractivity contribution in [1.29, 1.82) is 0 Å². The number of benzene rings is 4. The Balaban J connectivity index is 0.000000410. The zero-order valence-corrected chi connectivity index (χ0v) is 21.4. The van der Waals surface area contributed by atoms with Gasteiger partial charge in [-0.05, 0) is 0 Å². The Morgan fingerprint density at radius 3 is 0.545 bits per heavy atom. The van der Waals surface area contributed by atoms with Gasteiger partial charge < -0.3 is 21.3 Å². The Morgan fingerprint density at radius 2 is 0.455 bits per heavy atom. The van der Waals surface area contributed by atoms with E-state index in [0.29, 0.717) is 0 Å². The molecule has 0 aliphatic carbocycles. The summed E-state index contributed by atoms with van der Waals surface area (Å²) >= 11 is 0. The molecule has 5 heteroatoms. The molecule has 4 rings (SSSR count). The van der Waals surface area contributed by atoms with Crippen LogP contribution in [0.3, 0.4) is 0 Å². The summed E-state index contributed by atoms with van der Waals surface area (Å²) in [5.74, 6) is 0. The predicted octanol–water partition coefficient (Wildman–Crippen LogP) is 9.28. The molecule has 0 heterocycles. The van der Waals surface area contributed by atoms with Gasteiger partial charge in [0, 0.05) is 0 Å². The third-order valence-electron chi connectivity index (χ3n) is 4.06. The second-order valence-corrected chi connectivity index (χ2v) is 6.24. The summed E-state index contributed by atoms with van der Waals surface area (Å²) in [7, 11) is 7.15. The summed E-state index contributed by atoms with van der Waals surface area (Å²) in [5.41, 5.74) is 4.14. The first-order chi connectivity index (χ1) is 15.7. The minimum atomic E-state index is 0. The van der Waals surface area contributed by atoms with Crippen LogP contribution in [0, 0.1) is 0 Å². The van der Waals surface area contributed by atoms with Crippen LogP contribution in [0.1, 0.15) is 0 Å². The van der Waals surface area contributed by atoms with Crippen molar-refractivity contribution in [3.05, 3.63) is 143 Å². The molecule has 0 aliphatic heterocycles. The van der Waals surface area contributed by atoms with Crippen molar-refractivity contribution in [1.82, 2.24) is 0 Å². The van der Waals surface area contributed by atoms with Crippen molar-refractivity contribution >= 4 is 22.7 Å². The van der Waals surface area contributed by atoms with E-state index in [9.17, 15) is 0 Å². The van der Waals surface area contributed by atoms with Crippen molar-refractivity contribution in [2.45, 2.75) is 0 Å². The van der Waals surface area contributed by atoms with Gasteiger partial charge in [0.2, 0.25) is 0 Å². The van der Waals surface area contributed by atoms with Gasteiger partial charge in [0.15, 0.2) is 0 Å². The number of rotatable bonds is 4. The fourth-order valence-electron chi connectivity index (χ4n) is 2.31. The minimum absolute atomic E-state index is 0. The zero-order valence-electron chi connectivity index (χ0n) is 19.8. The summed E-state index contributed by atoms with van der Waals surface area (Å²) in [4.78, 5) is 0. The molecule has 0 radical (unpaired) electrons. The Bertz CT molecular complexity index is 747. The van der Waals surface area contributed by atoms with Gasteiger partial charge in [-0.1, -0.05) is 121 Å². The van der Waals surface area contributed by atoms with Gasteiger partial charge in [-0.3, -0.25) is 0 Å². The molecular weight excluding hydrogens is 440 g/mol. The van der Waals surface area contributed by atoms with Crippen LogP contribution in [0.5, 0.6) is 0 Å². The molecule has 0 atom stereocenters. The maximum absolute atomic E-state index is 3.97. The monoisotopic (exact) mass is 472 g/mol. The first-order valence-corrected chi connectivity index (χ1v) is 10.3. The van der Waals surface area contributed by atoms with Crippen molar-refractivity contribution in [2.75, 3.05) is 28.2 Å². The molecule has 0 saturated carbocycles. The molecular formula is C28H32N4Ti. The quantitative estimate of drug-likeness (QED) is 0.266. The second kappa shape index (κ2) is 20.7. The molecule has 33 heavy (non-hydrogen) atoms. The van der Waals surface area contributed by atoms with Gasteiger partial charge in [0.1, 0.15) is 0 Å². The molecule has 0 amide bonds.